The van der Waals surface area contributed by atoms with Crippen LogP contribution in [0.4, 0.5) is 0 Å². The van der Waals surface area contributed by atoms with Gasteiger partial charge in [-0.25, -0.2) is 13.4 Å². The zero-order valence-corrected chi connectivity index (χ0v) is 13.7. The average molecular weight is 350 g/mol. The highest BCUT2D eigenvalue weighted by Gasteiger charge is 2.18. The Hall–Kier alpha value is -1.08. The molecular formula is C13H13Cl2NO4S. The molecular weight excluding hydrogens is 337 g/mol. The number of hydrogen-bond donors (Lipinski definition) is 0. The molecule has 0 aliphatic heterocycles. The van der Waals surface area contributed by atoms with Gasteiger partial charge in [0.1, 0.15) is 23.0 Å². The lowest BCUT2D eigenvalue weighted by Crippen LogP contribution is -2.16. The topological polar surface area (TPSA) is 65.5 Å². The molecule has 0 saturated heterocycles. The van der Waals surface area contributed by atoms with Crippen molar-refractivity contribution in [3.05, 3.63) is 29.4 Å². The molecule has 5 nitrogen and oxygen atoms in total. The van der Waals surface area contributed by atoms with Crippen LogP contribution in [0.2, 0.25) is 5.15 Å². The first-order valence-electron chi connectivity index (χ1n) is 6.02. The number of rotatable bonds is 5. The van der Waals surface area contributed by atoms with Crippen molar-refractivity contribution in [3.63, 3.8) is 0 Å². The lowest BCUT2D eigenvalue weighted by atomic mass is 10.2. The molecule has 0 saturated carbocycles. The number of hydrogen-bond acceptors (Lipinski definition) is 5. The second-order valence-corrected chi connectivity index (χ2v) is 7.31. The maximum absolute atomic E-state index is 11.6. The Bertz CT molecular complexity index is 764. The Kier molecular flexibility index (Phi) is 4.93. The minimum atomic E-state index is -3.89. The van der Waals surface area contributed by atoms with Gasteiger partial charge in [-0.15, -0.1) is 0 Å². The van der Waals surface area contributed by atoms with Crippen LogP contribution in [0, 0.1) is 0 Å². The Morgan fingerprint density at radius 1 is 1.29 bits per heavy atom. The van der Waals surface area contributed by atoms with E-state index in [0.29, 0.717) is 23.3 Å². The van der Waals surface area contributed by atoms with E-state index >= 15 is 0 Å². The van der Waals surface area contributed by atoms with Crippen LogP contribution >= 0.6 is 22.3 Å². The van der Waals surface area contributed by atoms with Crippen LogP contribution < -0.4 is 4.74 Å². The van der Waals surface area contributed by atoms with Crippen molar-refractivity contribution in [2.75, 3.05) is 13.7 Å². The molecule has 0 aliphatic carbocycles. The van der Waals surface area contributed by atoms with Crippen molar-refractivity contribution in [2.24, 2.45) is 0 Å². The van der Waals surface area contributed by atoms with E-state index < -0.39 is 9.05 Å². The fraction of sp³-hybridized carbons (Fsp3) is 0.308. The number of pyridine rings is 1. The maximum Gasteiger partial charge on any atom is 0.261 e. The normalized spacial score (nSPS) is 13.3. The van der Waals surface area contributed by atoms with Crippen LogP contribution in [0.1, 0.15) is 6.92 Å². The summed E-state index contributed by atoms with van der Waals surface area (Å²) >= 11 is 5.87. The summed E-state index contributed by atoms with van der Waals surface area (Å²) < 4.78 is 33.9. The monoisotopic (exact) mass is 349 g/mol. The smallest absolute Gasteiger partial charge is 0.261 e. The zero-order valence-electron chi connectivity index (χ0n) is 11.3. The summed E-state index contributed by atoms with van der Waals surface area (Å²) in [6.45, 7) is 2.15. The zero-order chi connectivity index (χ0) is 15.6. The van der Waals surface area contributed by atoms with Crippen LogP contribution in [-0.2, 0) is 13.8 Å². The van der Waals surface area contributed by atoms with Crippen molar-refractivity contribution in [1.29, 1.82) is 0 Å². The van der Waals surface area contributed by atoms with E-state index in [9.17, 15) is 8.42 Å². The van der Waals surface area contributed by atoms with Crippen molar-refractivity contribution in [1.82, 2.24) is 4.98 Å². The predicted octanol–water partition coefficient (Wildman–Crippen LogP) is 3.23. The minimum Gasteiger partial charge on any atom is -0.489 e. The number of halogens is 2. The predicted molar refractivity (Wildman–Crippen MR) is 81.8 cm³/mol. The van der Waals surface area contributed by atoms with E-state index in [0.717, 1.165) is 0 Å². The van der Waals surface area contributed by atoms with Gasteiger partial charge in [0.2, 0.25) is 0 Å². The largest absolute Gasteiger partial charge is 0.489 e. The molecule has 1 aromatic carbocycles. The third kappa shape index (κ3) is 3.77. The SMILES string of the molecule is COC(C)COc1ccc(S(=O)(=O)Cl)c2ccc(Cl)nc12. The van der Waals surface area contributed by atoms with Crippen LogP contribution in [0.5, 0.6) is 5.75 Å². The van der Waals surface area contributed by atoms with Crippen molar-refractivity contribution in [2.45, 2.75) is 17.9 Å². The third-order valence-electron chi connectivity index (χ3n) is 2.88. The van der Waals surface area contributed by atoms with Gasteiger partial charge in [-0.2, -0.15) is 0 Å². The summed E-state index contributed by atoms with van der Waals surface area (Å²) in [5, 5.41) is 0.591. The number of methoxy groups -OCH3 is 1. The molecule has 0 fully saturated rings. The summed E-state index contributed by atoms with van der Waals surface area (Å²) in [5.41, 5.74) is 0.340. The molecule has 1 heterocycles. The molecule has 0 radical (unpaired) electrons. The van der Waals surface area contributed by atoms with Crippen molar-refractivity contribution < 1.29 is 17.9 Å². The summed E-state index contributed by atoms with van der Waals surface area (Å²) in [6, 6.07) is 5.93. The lowest BCUT2D eigenvalue weighted by Gasteiger charge is -2.14. The van der Waals surface area contributed by atoms with Crippen molar-refractivity contribution >= 4 is 42.2 Å². The Labute approximate surface area is 132 Å². The second-order valence-electron chi connectivity index (χ2n) is 4.39. The maximum atomic E-state index is 11.6. The molecule has 1 unspecified atom stereocenters. The summed E-state index contributed by atoms with van der Waals surface area (Å²) in [5.74, 6) is 0.417. The molecule has 2 rings (SSSR count). The fourth-order valence-electron chi connectivity index (χ4n) is 1.75. The van der Waals surface area contributed by atoms with Gasteiger partial charge in [-0.3, -0.25) is 0 Å². The van der Waals surface area contributed by atoms with Gasteiger partial charge >= 0.3 is 0 Å². The molecule has 21 heavy (non-hydrogen) atoms. The Morgan fingerprint density at radius 3 is 2.62 bits per heavy atom. The van der Waals surface area contributed by atoms with E-state index in [1.807, 2.05) is 6.92 Å². The summed E-state index contributed by atoms with van der Waals surface area (Å²) in [4.78, 5) is 4.10. The molecule has 0 spiro atoms. The number of benzene rings is 1. The third-order valence-corrected chi connectivity index (χ3v) is 4.48. The van der Waals surface area contributed by atoms with Gasteiger partial charge in [0.15, 0.2) is 0 Å². The lowest BCUT2D eigenvalue weighted by molar-refractivity contribution is 0.0721. The van der Waals surface area contributed by atoms with Gasteiger partial charge in [-0.05, 0) is 31.2 Å². The number of nitrogens with zero attached hydrogens (tertiary/aromatic N) is 1. The average Bonchev–Trinajstić information content (AvgIpc) is 2.42. The van der Waals surface area contributed by atoms with Crippen molar-refractivity contribution in [3.8, 4) is 5.75 Å². The van der Waals surface area contributed by atoms with Gasteiger partial charge in [0, 0.05) is 23.2 Å². The number of aromatic nitrogens is 1. The van der Waals surface area contributed by atoms with E-state index in [4.69, 9.17) is 31.8 Å². The highest BCUT2D eigenvalue weighted by Crippen LogP contribution is 2.32. The molecule has 8 heteroatoms. The van der Waals surface area contributed by atoms with Gasteiger partial charge in [-0.1, -0.05) is 11.6 Å². The van der Waals surface area contributed by atoms with E-state index in [1.165, 1.54) is 18.2 Å². The Balaban J connectivity index is 2.56. The molecule has 0 amide bonds. The molecule has 1 aromatic heterocycles. The molecule has 2 aromatic rings. The molecule has 0 N–H and O–H groups in total. The van der Waals surface area contributed by atoms with E-state index in [-0.39, 0.29) is 16.2 Å². The molecule has 0 bridgehead atoms. The van der Waals surface area contributed by atoms with E-state index in [1.54, 1.807) is 13.2 Å². The van der Waals surface area contributed by atoms with E-state index in [2.05, 4.69) is 4.98 Å². The van der Waals surface area contributed by atoms with Crippen LogP contribution in [-0.4, -0.2) is 33.2 Å². The first kappa shape index (κ1) is 16.3. The molecule has 0 aliphatic rings. The van der Waals surface area contributed by atoms with Gasteiger partial charge in [0.05, 0.1) is 11.0 Å². The highest BCUT2D eigenvalue weighted by atomic mass is 35.7. The first-order chi connectivity index (χ1) is 9.82. The van der Waals surface area contributed by atoms with Crippen LogP contribution in [0.15, 0.2) is 29.2 Å². The highest BCUT2D eigenvalue weighted by molar-refractivity contribution is 8.14. The number of fused-ring (bicyclic) bond motifs is 1. The van der Waals surface area contributed by atoms with Gasteiger partial charge < -0.3 is 9.47 Å². The fourth-order valence-corrected chi connectivity index (χ4v) is 2.96. The minimum absolute atomic E-state index is 0.0320. The molecule has 114 valence electrons. The summed E-state index contributed by atoms with van der Waals surface area (Å²) in [6.07, 6.45) is -0.115. The van der Waals surface area contributed by atoms with Crippen LogP contribution in [0.3, 0.4) is 0 Å². The molecule has 1 atom stereocenters. The summed E-state index contributed by atoms with van der Waals surface area (Å²) in [7, 11) is 3.12. The standard InChI is InChI=1S/C13H13Cl2NO4S/c1-8(19-2)7-20-10-4-5-11(21(15,17)18)9-3-6-12(14)16-13(9)10/h3-6,8H,7H2,1-2H3. The second kappa shape index (κ2) is 6.36. The van der Waals surface area contributed by atoms with Gasteiger partial charge in [0.25, 0.3) is 9.05 Å². The quantitative estimate of drug-likeness (QED) is 0.612. The Morgan fingerprint density at radius 2 is 2.00 bits per heavy atom. The first-order valence-corrected chi connectivity index (χ1v) is 8.71. The number of ether oxygens (including phenoxy) is 2. The van der Waals surface area contributed by atoms with Crippen LogP contribution in [0.25, 0.3) is 10.9 Å².